The molecular formula is C10H14F2N4. The lowest BCUT2D eigenvalue weighted by atomic mass is 10.3. The number of benzene rings is 1. The maximum absolute atomic E-state index is 13.3. The van der Waals surface area contributed by atoms with E-state index >= 15 is 0 Å². The molecule has 6 heteroatoms. The summed E-state index contributed by atoms with van der Waals surface area (Å²) in [6, 6.07) is 3.84. The Morgan fingerprint density at radius 1 is 1.44 bits per heavy atom. The molecule has 4 nitrogen and oxygen atoms in total. The summed E-state index contributed by atoms with van der Waals surface area (Å²) in [5.41, 5.74) is 2.28. The molecule has 0 heterocycles. The molecule has 1 rings (SSSR count). The van der Waals surface area contributed by atoms with Crippen LogP contribution in [-0.2, 0) is 0 Å². The monoisotopic (exact) mass is 228 g/mol. The van der Waals surface area contributed by atoms with Gasteiger partial charge in [-0.15, -0.1) is 0 Å². The summed E-state index contributed by atoms with van der Waals surface area (Å²) in [5, 5.41) is 2.57. The van der Waals surface area contributed by atoms with Crippen molar-refractivity contribution in [1.29, 1.82) is 0 Å². The smallest absolute Gasteiger partial charge is 0.210 e. The lowest BCUT2D eigenvalue weighted by molar-refractivity contribution is 0.512. The van der Waals surface area contributed by atoms with Gasteiger partial charge in [-0.3, -0.25) is 10.4 Å². The van der Waals surface area contributed by atoms with Crippen molar-refractivity contribution in [2.24, 2.45) is 10.8 Å². The Balaban J connectivity index is 2.82. The van der Waals surface area contributed by atoms with Crippen LogP contribution in [0.1, 0.15) is 13.3 Å². The van der Waals surface area contributed by atoms with Gasteiger partial charge in [0.05, 0.1) is 5.69 Å². The first-order valence-electron chi connectivity index (χ1n) is 4.91. The van der Waals surface area contributed by atoms with E-state index in [0.29, 0.717) is 6.54 Å². The molecule has 0 aliphatic rings. The summed E-state index contributed by atoms with van der Waals surface area (Å²) >= 11 is 0. The van der Waals surface area contributed by atoms with Crippen LogP contribution in [0.3, 0.4) is 0 Å². The number of hydrogen-bond donors (Lipinski definition) is 3. The third kappa shape index (κ3) is 3.16. The molecule has 0 aliphatic heterocycles. The lowest BCUT2D eigenvalue weighted by Gasteiger charge is -2.09. The second-order valence-electron chi connectivity index (χ2n) is 3.10. The van der Waals surface area contributed by atoms with Gasteiger partial charge in [-0.05, 0) is 18.6 Å². The first kappa shape index (κ1) is 12.4. The fourth-order valence-electron chi connectivity index (χ4n) is 1.07. The number of hydrogen-bond acceptors (Lipinski definition) is 2. The largest absolute Gasteiger partial charge is 0.323 e. The molecule has 0 spiro atoms. The van der Waals surface area contributed by atoms with Crippen molar-refractivity contribution in [3.63, 3.8) is 0 Å². The van der Waals surface area contributed by atoms with Crippen molar-refractivity contribution < 1.29 is 8.78 Å². The molecule has 0 saturated heterocycles. The molecule has 0 aliphatic carbocycles. The molecule has 1 aromatic carbocycles. The average molecular weight is 228 g/mol. The van der Waals surface area contributed by atoms with Gasteiger partial charge in [0.25, 0.3) is 0 Å². The zero-order chi connectivity index (χ0) is 12.0. The number of nitrogens with zero attached hydrogens (tertiary/aromatic N) is 1. The van der Waals surface area contributed by atoms with E-state index in [1.54, 1.807) is 0 Å². The fraction of sp³-hybridized carbons (Fsp3) is 0.300. The van der Waals surface area contributed by atoms with E-state index in [9.17, 15) is 8.78 Å². The Bertz CT molecular complexity index is 379. The van der Waals surface area contributed by atoms with Gasteiger partial charge in [0, 0.05) is 6.54 Å². The molecule has 0 amide bonds. The van der Waals surface area contributed by atoms with Gasteiger partial charge in [0.15, 0.2) is 11.6 Å². The highest BCUT2D eigenvalue weighted by Crippen LogP contribution is 2.16. The van der Waals surface area contributed by atoms with Crippen LogP contribution in [0.25, 0.3) is 0 Å². The standard InChI is InChI=1S/C10H14F2N4/c1-2-6-14-10(16-13)15-8-5-3-4-7(11)9(8)12/h3-5H,2,6,13H2,1H3,(H2,14,15,16). The van der Waals surface area contributed by atoms with Crippen LogP contribution in [0, 0.1) is 11.6 Å². The van der Waals surface area contributed by atoms with E-state index in [1.807, 2.05) is 6.92 Å². The molecule has 0 atom stereocenters. The van der Waals surface area contributed by atoms with Crippen LogP contribution in [0.4, 0.5) is 14.5 Å². The summed E-state index contributed by atoms with van der Waals surface area (Å²) in [6.07, 6.45) is 0.832. The summed E-state index contributed by atoms with van der Waals surface area (Å²) < 4.78 is 26.1. The van der Waals surface area contributed by atoms with Crippen molar-refractivity contribution in [3.05, 3.63) is 29.8 Å². The number of guanidine groups is 1. The molecule has 0 aromatic heterocycles. The van der Waals surface area contributed by atoms with Gasteiger partial charge in [0.1, 0.15) is 0 Å². The summed E-state index contributed by atoms with van der Waals surface area (Å²) in [5.74, 6) is 3.51. The second-order valence-corrected chi connectivity index (χ2v) is 3.10. The minimum Gasteiger partial charge on any atom is -0.323 e. The van der Waals surface area contributed by atoms with E-state index in [0.717, 1.165) is 12.5 Å². The fourth-order valence-corrected chi connectivity index (χ4v) is 1.07. The summed E-state index contributed by atoms with van der Waals surface area (Å²) in [6.45, 7) is 2.49. The average Bonchev–Trinajstić information content (AvgIpc) is 2.30. The Kier molecular flexibility index (Phi) is 4.65. The molecule has 1 aromatic rings. The van der Waals surface area contributed by atoms with E-state index < -0.39 is 11.6 Å². The minimum absolute atomic E-state index is 0.00666. The van der Waals surface area contributed by atoms with E-state index in [1.165, 1.54) is 12.1 Å². The first-order valence-corrected chi connectivity index (χ1v) is 4.91. The van der Waals surface area contributed by atoms with Crippen molar-refractivity contribution >= 4 is 11.6 Å². The maximum Gasteiger partial charge on any atom is 0.210 e. The van der Waals surface area contributed by atoms with Crippen molar-refractivity contribution in [2.75, 3.05) is 11.9 Å². The Hall–Kier alpha value is -1.69. The molecule has 0 fully saturated rings. The molecule has 88 valence electrons. The summed E-state index contributed by atoms with van der Waals surface area (Å²) in [7, 11) is 0. The van der Waals surface area contributed by atoms with Gasteiger partial charge >= 0.3 is 0 Å². The number of hydrazine groups is 1. The second kappa shape index (κ2) is 6.02. The normalized spacial score (nSPS) is 11.4. The predicted molar refractivity (Wildman–Crippen MR) is 59.9 cm³/mol. The van der Waals surface area contributed by atoms with Crippen molar-refractivity contribution in [3.8, 4) is 0 Å². The third-order valence-electron chi connectivity index (χ3n) is 1.83. The SMILES string of the molecule is CCCN=C(NN)Nc1cccc(F)c1F. The number of halogens is 2. The van der Waals surface area contributed by atoms with Gasteiger partial charge in [-0.2, -0.15) is 0 Å². The molecule has 16 heavy (non-hydrogen) atoms. The number of rotatable bonds is 3. The van der Waals surface area contributed by atoms with E-state index in [2.05, 4.69) is 15.7 Å². The van der Waals surface area contributed by atoms with Gasteiger partial charge < -0.3 is 5.32 Å². The van der Waals surface area contributed by atoms with E-state index in [4.69, 9.17) is 5.84 Å². The highest BCUT2D eigenvalue weighted by molar-refractivity contribution is 5.93. The highest BCUT2D eigenvalue weighted by atomic mass is 19.2. The van der Waals surface area contributed by atoms with Gasteiger partial charge in [-0.25, -0.2) is 14.6 Å². The van der Waals surface area contributed by atoms with Crippen LogP contribution in [-0.4, -0.2) is 12.5 Å². The number of aliphatic imine (C=N–C) groups is 1. The van der Waals surface area contributed by atoms with Crippen molar-refractivity contribution in [1.82, 2.24) is 5.43 Å². The van der Waals surface area contributed by atoms with Crippen LogP contribution in [0.2, 0.25) is 0 Å². The predicted octanol–water partition coefficient (Wildman–Crippen LogP) is 1.61. The molecular weight excluding hydrogens is 214 g/mol. The Morgan fingerprint density at radius 3 is 2.81 bits per heavy atom. The zero-order valence-corrected chi connectivity index (χ0v) is 8.93. The molecule has 0 unspecified atom stereocenters. The maximum atomic E-state index is 13.3. The molecule has 0 saturated carbocycles. The Morgan fingerprint density at radius 2 is 2.19 bits per heavy atom. The number of nitrogens with one attached hydrogen (secondary N) is 2. The quantitative estimate of drug-likeness (QED) is 0.319. The molecule has 4 N–H and O–H groups in total. The minimum atomic E-state index is -0.957. The van der Waals surface area contributed by atoms with Gasteiger partial charge in [0.2, 0.25) is 5.96 Å². The van der Waals surface area contributed by atoms with Crippen LogP contribution in [0.15, 0.2) is 23.2 Å². The zero-order valence-electron chi connectivity index (χ0n) is 8.93. The number of nitrogens with two attached hydrogens (primary N) is 1. The van der Waals surface area contributed by atoms with Crippen LogP contribution < -0.4 is 16.6 Å². The summed E-state index contributed by atoms with van der Waals surface area (Å²) in [4.78, 5) is 4.01. The topological polar surface area (TPSA) is 62.4 Å². The lowest BCUT2D eigenvalue weighted by Crippen LogP contribution is -2.36. The van der Waals surface area contributed by atoms with E-state index in [-0.39, 0.29) is 11.6 Å². The first-order chi connectivity index (χ1) is 7.69. The molecule has 0 bridgehead atoms. The van der Waals surface area contributed by atoms with Crippen molar-refractivity contribution in [2.45, 2.75) is 13.3 Å². The third-order valence-corrected chi connectivity index (χ3v) is 1.83. The van der Waals surface area contributed by atoms with Crippen LogP contribution in [0.5, 0.6) is 0 Å². The number of anilines is 1. The van der Waals surface area contributed by atoms with Gasteiger partial charge in [-0.1, -0.05) is 13.0 Å². The highest BCUT2D eigenvalue weighted by Gasteiger charge is 2.08. The Labute approximate surface area is 92.5 Å². The molecule has 0 radical (unpaired) electrons. The van der Waals surface area contributed by atoms with Crippen LogP contribution >= 0.6 is 0 Å².